The van der Waals surface area contributed by atoms with Gasteiger partial charge in [0.25, 0.3) is 5.91 Å². The Kier molecular flexibility index (Phi) is 3.29. The van der Waals surface area contributed by atoms with E-state index in [0.29, 0.717) is 16.0 Å². The molecule has 0 saturated carbocycles. The molecule has 6 nitrogen and oxygen atoms in total. The molecule has 0 spiro atoms. The lowest BCUT2D eigenvalue weighted by Crippen LogP contribution is -2.24. The molecule has 0 aliphatic carbocycles. The number of benzene rings is 1. The Morgan fingerprint density at radius 1 is 1.29 bits per heavy atom. The van der Waals surface area contributed by atoms with Crippen LogP contribution in [0.15, 0.2) is 18.5 Å². The molecule has 0 aliphatic rings. The third-order valence-electron chi connectivity index (χ3n) is 2.61. The van der Waals surface area contributed by atoms with E-state index in [-0.39, 0.29) is 6.54 Å². The molecule has 0 unspecified atom stereocenters. The first-order valence-corrected chi connectivity index (χ1v) is 6.45. The summed E-state index contributed by atoms with van der Waals surface area (Å²) < 4.78 is 40.7. The quantitative estimate of drug-likeness (QED) is 0.744. The minimum Gasteiger partial charge on any atom is -0.345 e. The van der Waals surface area contributed by atoms with Crippen molar-refractivity contribution in [3.8, 4) is 0 Å². The predicted octanol–water partition coefficient (Wildman–Crippen LogP) is 1.53. The number of carbonyl (C=O) groups is 1. The van der Waals surface area contributed by atoms with Gasteiger partial charge in [-0.1, -0.05) is 11.3 Å². The van der Waals surface area contributed by atoms with Crippen LogP contribution < -0.4 is 5.32 Å². The molecule has 0 fully saturated rings. The number of aromatic nitrogens is 4. The van der Waals surface area contributed by atoms with Crippen LogP contribution >= 0.6 is 11.3 Å². The van der Waals surface area contributed by atoms with Crippen LogP contribution in [0.2, 0.25) is 0 Å². The smallest absolute Gasteiger partial charge is 0.254 e. The molecule has 3 rings (SSSR count). The maximum atomic E-state index is 13.4. The van der Waals surface area contributed by atoms with Crippen LogP contribution in [0, 0.1) is 17.5 Å². The van der Waals surface area contributed by atoms with E-state index in [0.717, 1.165) is 6.07 Å². The van der Waals surface area contributed by atoms with Crippen molar-refractivity contribution in [2.24, 2.45) is 0 Å². The second kappa shape index (κ2) is 5.13. The normalized spacial score (nSPS) is 11.0. The van der Waals surface area contributed by atoms with Crippen molar-refractivity contribution in [1.82, 2.24) is 25.1 Å². The van der Waals surface area contributed by atoms with Gasteiger partial charge < -0.3 is 5.32 Å². The third kappa shape index (κ3) is 2.44. The molecule has 1 N–H and O–H groups in total. The predicted molar refractivity (Wildman–Crippen MR) is 66.1 cm³/mol. The molecule has 0 bridgehead atoms. The average molecular weight is 313 g/mol. The number of rotatable bonds is 3. The summed E-state index contributed by atoms with van der Waals surface area (Å²) in [6.45, 7) is 0.00525. The summed E-state index contributed by atoms with van der Waals surface area (Å²) in [5.41, 5.74) is -0.572. The van der Waals surface area contributed by atoms with Gasteiger partial charge in [-0.05, 0) is 12.1 Å². The molecule has 1 aromatic carbocycles. The molecule has 108 valence electrons. The molecule has 0 radical (unpaired) electrons. The van der Waals surface area contributed by atoms with E-state index in [9.17, 15) is 18.0 Å². The van der Waals surface area contributed by atoms with Crippen molar-refractivity contribution in [1.29, 1.82) is 0 Å². The second-order valence-corrected chi connectivity index (χ2v) is 5.00. The fourth-order valence-electron chi connectivity index (χ4n) is 1.62. The van der Waals surface area contributed by atoms with Gasteiger partial charge in [-0.2, -0.15) is 9.61 Å². The highest BCUT2D eigenvalue weighted by molar-refractivity contribution is 7.16. The van der Waals surface area contributed by atoms with Crippen molar-refractivity contribution in [2.45, 2.75) is 6.54 Å². The first-order valence-electron chi connectivity index (χ1n) is 5.63. The Balaban J connectivity index is 1.74. The van der Waals surface area contributed by atoms with Crippen LogP contribution in [0.5, 0.6) is 0 Å². The molecular formula is C11H6F3N5OS. The van der Waals surface area contributed by atoms with Gasteiger partial charge in [0.2, 0.25) is 4.96 Å². The largest absolute Gasteiger partial charge is 0.345 e. The molecule has 0 atom stereocenters. The van der Waals surface area contributed by atoms with Crippen LogP contribution in [-0.2, 0) is 6.54 Å². The Labute approximate surface area is 119 Å². The van der Waals surface area contributed by atoms with E-state index in [1.54, 1.807) is 0 Å². The number of hydrogen-bond acceptors (Lipinski definition) is 5. The number of halogens is 3. The van der Waals surface area contributed by atoms with Crippen LogP contribution in [0.4, 0.5) is 13.2 Å². The summed E-state index contributed by atoms with van der Waals surface area (Å²) in [7, 11) is 0. The monoisotopic (exact) mass is 313 g/mol. The number of fused-ring (bicyclic) bond motifs is 1. The van der Waals surface area contributed by atoms with E-state index >= 15 is 0 Å². The number of hydrogen-bond donors (Lipinski definition) is 1. The van der Waals surface area contributed by atoms with Crippen LogP contribution in [0.25, 0.3) is 4.96 Å². The zero-order valence-electron chi connectivity index (χ0n) is 10.2. The lowest BCUT2D eigenvalue weighted by atomic mass is 10.2. The van der Waals surface area contributed by atoms with Gasteiger partial charge in [-0.3, -0.25) is 4.79 Å². The van der Waals surface area contributed by atoms with E-state index in [4.69, 9.17) is 0 Å². The van der Waals surface area contributed by atoms with Crippen LogP contribution in [-0.4, -0.2) is 25.7 Å². The Morgan fingerprint density at radius 2 is 2.10 bits per heavy atom. The minimum absolute atomic E-state index is 0.00525. The number of amides is 1. The molecule has 0 aliphatic heterocycles. The Hall–Kier alpha value is -2.49. The van der Waals surface area contributed by atoms with Crippen molar-refractivity contribution in [2.75, 3.05) is 0 Å². The summed E-state index contributed by atoms with van der Waals surface area (Å²) in [4.78, 5) is 12.3. The van der Waals surface area contributed by atoms with Gasteiger partial charge in [0.05, 0.1) is 12.1 Å². The lowest BCUT2D eigenvalue weighted by molar-refractivity contribution is 0.0945. The molecule has 1 amide bonds. The topological polar surface area (TPSA) is 72.2 Å². The summed E-state index contributed by atoms with van der Waals surface area (Å²) in [5, 5.41) is 14.3. The van der Waals surface area contributed by atoms with E-state index in [1.165, 1.54) is 22.2 Å². The molecule has 10 heteroatoms. The molecular weight excluding hydrogens is 307 g/mol. The Bertz CT molecular complexity index is 802. The van der Waals surface area contributed by atoms with Gasteiger partial charge in [0.15, 0.2) is 17.5 Å². The van der Waals surface area contributed by atoms with E-state index < -0.39 is 28.9 Å². The molecule has 2 heterocycles. The zero-order chi connectivity index (χ0) is 15.0. The maximum absolute atomic E-state index is 13.4. The minimum atomic E-state index is -1.68. The standard InChI is InChI=1S/C11H6F3N5OS/c12-6-2-1-5(8(13)9(6)14)10(20)15-3-7-18-19-4-16-17-11(19)21-7/h1-2,4H,3H2,(H,15,20). The highest BCUT2D eigenvalue weighted by atomic mass is 32.1. The average Bonchev–Trinajstić information content (AvgIpc) is 3.03. The van der Waals surface area contributed by atoms with Gasteiger partial charge in [-0.15, -0.1) is 10.2 Å². The Morgan fingerprint density at radius 3 is 2.86 bits per heavy atom. The van der Waals surface area contributed by atoms with Gasteiger partial charge >= 0.3 is 0 Å². The first-order chi connectivity index (χ1) is 10.1. The molecule has 21 heavy (non-hydrogen) atoms. The van der Waals surface area contributed by atoms with Crippen molar-refractivity contribution in [3.63, 3.8) is 0 Å². The van der Waals surface area contributed by atoms with Crippen molar-refractivity contribution in [3.05, 3.63) is 46.5 Å². The SMILES string of the molecule is O=C(NCc1nn2cnnc2s1)c1ccc(F)c(F)c1F. The summed E-state index contributed by atoms with van der Waals surface area (Å²) in [6.07, 6.45) is 1.40. The summed E-state index contributed by atoms with van der Waals surface area (Å²) in [5.74, 6) is -5.41. The molecule has 3 aromatic rings. The van der Waals surface area contributed by atoms with Crippen LogP contribution in [0.3, 0.4) is 0 Å². The maximum Gasteiger partial charge on any atom is 0.254 e. The van der Waals surface area contributed by atoms with Gasteiger partial charge in [-0.25, -0.2) is 13.2 Å². The fourth-order valence-corrected chi connectivity index (χ4v) is 2.38. The van der Waals surface area contributed by atoms with E-state index in [1.807, 2.05) is 0 Å². The first kappa shape index (κ1) is 13.5. The van der Waals surface area contributed by atoms with Gasteiger partial charge in [0.1, 0.15) is 11.3 Å². The molecule has 0 saturated heterocycles. The summed E-state index contributed by atoms with van der Waals surface area (Å²) >= 11 is 1.19. The highest BCUT2D eigenvalue weighted by Gasteiger charge is 2.19. The number of carbonyl (C=O) groups excluding carboxylic acids is 1. The van der Waals surface area contributed by atoms with Gasteiger partial charge in [0, 0.05) is 0 Å². The number of nitrogens with zero attached hydrogens (tertiary/aromatic N) is 4. The van der Waals surface area contributed by atoms with E-state index in [2.05, 4.69) is 20.6 Å². The van der Waals surface area contributed by atoms with Crippen molar-refractivity contribution < 1.29 is 18.0 Å². The highest BCUT2D eigenvalue weighted by Crippen LogP contribution is 2.16. The van der Waals surface area contributed by atoms with Crippen LogP contribution in [0.1, 0.15) is 15.4 Å². The molecule has 2 aromatic heterocycles. The fraction of sp³-hybridized carbons (Fsp3) is 0.0909. The lowest BCUT2D eigenvalue weighted by Gasteiger charge is -2.05. The zero-order valence-corrected chi connectivity index (χ0v) is 11.0. The summed E-state index contributed by atoms with van der Waals surface area (Å²) in [6, 6.07) is 1.57. The van der Waals surface area contributed by atoms with Crippen molar-refractivity contribution >= 4 is 22.2 Å². The number of nitrogens with one attached hydrogen (secondary N) is 1. The second-order valence-electron chi connectivity index (χ2n) is 3.96. The third-order valence-corrected chi connectivity index (χ3v) is 3.52.